The molecule has 0 bridgehead atoms. The second-order valence-electron chi connectivity index (χ2n) is 5.44. The third-order valence-corrected chi connectivity index (χ3v) is 4.20. The average Bonchev–Trinajstić information content (AvgIpc) is 2.80. The van der Waals surface area contributed by atoms with Crippen molar-refractivity contribution in [2.75, 3.05) is 5.73 Å². The van der Waals surface area contributed by atoms with Crippen molar-refractivity contribution in [3.8, 4) is 0 Å². The molecule has 0 atom stereocenters. The monoisotopic (exact) mass is 253 g/mol. The molecule has 0 saturated heterocycles. The zero-order valence-electron chi connectivity index (χ0n) is 10.5. The van der Waals surface area contributed by atoms with Gasteiger partial charge in [-0.2, -0.15) is 0 Å². The number of benzene rings is 1. The summed E-state index contributed by atoms with van der Waals surface area (Å²) in [6.07, 6.45) is 2.36. The van der Waals surface area contributed by atoms with Crippen LogP contribution < -0.4 is 5.73 Å². The maximum atomic E-state index is 9.43. The summed E-state index contributed by atoms with van der Waals surface area (Å²) >= 11 is 0. The van der Waals surface area contributed by atoms with E-state index in [1.54, 1.807) is 0 Å². The van der Waals surface area contributed by atoms with Crippen LogP contribution in [0.3, 0.4) is 0 Å². The third-order valence-electron chi connectivity index (χ3n) is 4.20. The molecule has 2 heterocycles. The SMILES string of the molecule is Nc1nc2ccccc2c2c1N=C(C1CC(O)C1)C2. The largest absolute Gasteiger partial charge is 0.393 e. The van der Waals surface area contributed by atoms with Gasteiger partial charge in [0.2, 0.25) is 0 Å². The summed E-state index contributed by atoms with van der Waals surface area (Å²) in [5.74, 6) is 0.934. The Morgan fingerprint density at radius 1 is 1.21 bits per heavy atom. The third kappa shape index (κ3) is 1.56. The van der Waals surface area contributed by atoms with Crippen molar-refractivity contribution in [3.05, 3.63) is 29.8 Å². The van der Waals surface area contributed by atoms with Crippen LogP contribution in [0.4, 0.5) is 11.5 Å². The van der Waals surface area contributed by atoms with Crippen molar-refractivity contribution in [2.45, 2.75) is 25.4 Å². The van der Waals surface area contributed by atoms with Gasteiger partial charge in [0.1, 0.15) is 11.5 Å². The highest BCUT2D eigenvalue weighted by Crippen LogP contribution is 2.41. The lowest BCUT2D eigenvalue weighted by Crippen LogP contribution is -2.34. The number of aliphatic imine (C=N–C) groups is 1. The lowest BCUT2D eigenvalue weighted by atomic mass is 9.78. The zero-order valence-corrected chi connectivity index (χ0v) is 10.5. The molecule has 1 saturated carbocycles. The molecule has 4 rings (SSSR count). The van der Waals surface area contributed by atoms with Gasteiger partial charge >= 0.3 is 0 Å². The van der Waals surface area contributed by atoms with E-state index in [1.807, 2.05) is 18.2 Å². The molecule has 1 aliphatic heterocycles. The standard InChI is InChI=1S/C15H15N3O/c16-15-14-11(10-3-1-2-4-12(10)18-15)7-13(17-14)8-5-9(19)6-8/h1-4,8-9,19H,5-7H2,(H2,16,18). The quantitative estimate of drug-likeness (QED) is 0.818. The second-order valence-corrected chi connectivity index (χ2v) is 5.44. The van der Waals surface area contributed by atoms with Gasteiger partial charge in [-0.1, -0.05) is 18.2 Å². The normalized spacial score (nSPS) is 25.0. The summed E-state index contributed by atoms with van der Waals surface area (Å²) in [4.78, 5) is 9.10. The lowest BCUT2D eigenvalue weighted by Gasteiger charge is -2.31. The Balaban J connectivity index is 1.81. The molecule has 0 amide bonds. The van der Waals surface area contributed by atoms with Crippen molar-refractivity contribution in [3.63, 3.8) is 0 Å². The number of nitrogen functional groups attached to an aromatic ring is 1. The van der Waals surface area contributed by atoms with Crippen LogP contribution in [-0.2, 0) is 6.42 Å². The van der Waals surface area contributed by atoms with Gasteiger partial charge in [0, 0.05) is 23.4 Å². The van der Waals surface area contributed by atoms with Crippen LogP contribution in [0.2, 0.25) is 0 Å². The fourth-order valence-corrected chi connectivity index (χ4v) is 3.05. The van der Waals surface area contributed by atoms with Crippen LogP contribution >= 0.6 is 0 Å². The highest BCUT2D eigenvalue weighted by Gasteiger charge is 2.34. The van der Waals surface area contributed by atoms with Gasteiger partial charge in [0.05, 0.1) is 11.6 Å². The van der Waals surface area contributed by atoms with E-state index < -0.39 is 0 Å². The Labute approximate surface area is 111 Å². The molecule has 4 nitrogen and oxygen atoms in total. The Morgan fingerprint density at radius 2 is 2.00 bits per heavy atom. The van der Waals surface area contributed by atoms with Gasteiger partial charge in [0.15, 0.2) is 0 Å². The van der Waals surface area contributed by atoms with Crippen molar-refractivity contribution in [1.82, 2.24) is 4.98 Å². The van der Waals surface area contributed by atoms with Crippen molar-refractivity contribution < 1.29 is 5.11 Å². The number of aromatic nitrogens is 1. The fraction of sp³-hybridized carbons (Fsp3) is 0.333. The zero-order chi connectivity index (χ0) is 13.0. The molecule has 2 aromatic rings. The second kappa shape index (κ2) is 3.78. The highest BCUT2D eigenvalue weighted by molar-refractivity contribution is 6.04. The van der Waals surface area contributed by atoms with E-state index in [0.717, 1.165) is 41.6 Å². The molecular formula is C15H15N3O. The predicted molar refractivity (Wildman–Crippen MR) is 75.7 cm³/mol. The minimum absolute atomic E-state index is 0.149. The lowest BCUT2D eigenvalue weighted by molar-refractivity contribution is 0.0697. The Bertz CT molecular complexity index is 702. The molecule has 1 aliphatic carbocycles. The number of rotatable bonds is 1. The molecule has 2 aliphatic rings. The summed E-state index contributed by atoms with van der Waals surface area (Å²) in [7, 11) is 0. The molecule has 0 spiro atoms. The van der Waals surface area contributed by atoms with Crippen LogP contribution in [0, 0.1) is 5.92 Å². The molecule has 4 heteroatoms. The van der Waals surface area contributed by atoms with Crippen LogP contribution in [0.5, 0.6) is 0 Å². The molecule has 1 aromatic heterocycles. The van der Waals surface area contributed by atoms with E-state index in [9.17, 15) is 5.11 Å². The molecule has 19 heavy (non-hydrogen) atoms. The molecule has 3 N–H and O–H groups in total. The number of anilines is 1. The van der Waals surface area contributed by atoms with Crippen molar-refractivity contribution >= 4 is 28.1 Å². The van der Waals surface area contributed by atoms with Crippen molar-refractivity contribution in [1.29, 1.82) is 0 Å². The Kier molecular flexibility index (Phi) is 2.17. The molecule has 0 unspecified atom stereocenters. The van der Waals surface area contributed by atoms with Crippen LogP contribution in [0.25, 0.3) is 10.9 Å². The first-order valence-corrected chi connectivity index (χ1v) is 6.65. The van der Waals surface area contributed by atoms with Gasteiger partial charge in [-0.15, -0.1) is 0 Å². The van der Waals surface area contributed by atoms with Gasteiger partial charge in [-0.05, 0) is 24.5 Å². The number of nitrogens with zero attached hydrogens (tertiary/aromatic N) is 2. The van der Waals surface area contributed by atoms with Gasteiger partial charge in [0.25, 0.3) is 0 Å². The van der Waals surface area contributed by atoms with E-state index in [4.69, 9.17) is 5.73 Å². The van der Waals surface area contributed by atoms with E-state index in [2.05, 4.69) is 16.0 Å². The summed E-state index contributed by atoms with van der Waals surface area (Å²) in [6.45, 7) is 0. The number of para-hydroxylation sites is 1. The number of nitrogens with two attached hydrogens (primary N) is 1. The van der Waals surface area contributed by atoms with E-state index >= 15 is 0 Å². The smallest absolute Gasteiger partial charge is 0.150 e. The number of fused-ring (bicyclic) bond motifs is 3. The average molecular weight is 253 g/mol. The van der Waals surface area contributed by atoms with Crippen LogP contribution in [0.15, 0.2) is 29.3 Å². The van der Waals surface area contributed by atoms with E-state index in [0.29, 0.717) is 11.7 Å². The van der Waals surface area contributed by atoms with Crippen LogP contribution in [0.1, 0.15) is 18.4 Å². The summed E-state index contributed by atoms with van der Waals surface area (Å²) in [6, 6.07) is 8.05. The van der Waals surface area contributed by atoms with Gasteiger partial charge in [-0.3, -0.25) is 4.99 Å². The highest BCUT2D eigenvalue weighted by atomic mass is 16.3. The first-order valence-electron chi connectivity index (χ1n) is 6.65. The van der Waals surface area contributed by atoms with Crippen LogP contribution in [-0.4, -0.2) is 21.9 Å². The molecule has 1 aromatic carbocycles. The molecule has 96 valence electrons. The van der Waals surface area contributed by atoms with Gasteiger partial charge < -0.3 is 10.8 Å². The summed E-state index contributed by atoms with van der Waals surface area (Å²) < 4.78 is 0. The maximum absolute atomic E-state index is 9.43. The number of hydrogen-bond donors (Lipinski definition) is 2. The maximum Gasteiger partial charge on any atom is 0.150 e. The minimum Gasteiger partial charge on any atom is -0.393 e. The minimum atomic E-state index is -0.149. The predicted octanol–water partition coefficient (Wildman–Crippen LogP) is 2.22. The summed E-state index contributed by atoms with van der Waals surface area (Å²) in [5, 5.41) is 10.6. The summed E-state index contributed by atoms with van der Waals surface area (Å²) in [5.41, 5.74) is 10.1. The number of pyridine rings is 1. The number of aliphatic hydroxyl groups excluding tert-OH is 1. The molecular weight excluding hydrogens is 238 g/mol. The molecule has 0 radical (unpaired) electrons. The van der Waals surface area contributed by atoms with Crippen molar-refractivity contribution in [2.24, 2.45) is 10.9 Å². The Morgan fingerprint density at radius 3 is 2.79 bits per heavy atom. The molecule has 1 fully saturated rings. The topological polar surface area (TPSA) is 71.5 Å². The number of hydrogen-bond acceptors (Lipinski definition) is 4. The van der Waals surface area contributed by atoms with Gasteiger partial charge in [-0.25, -0.2) is 4.98 Å². The van der Waals surface area contributed by atoms with E-state index in [-0.39, 0.29) is 6.10 Å². The Hall–Kier alpha value is -1.94. The number of aliphatic hydroxyl groups is 1. The fourth-order valence-electron chi connectivity index (χ4n) is 3.05. The first-order chi connectivity index (χ1) is 9.22. The van der Waals surface area contributed by atoms with E-state index in [1.165, 1.54) is 5.56 Å². The first kappa shape index (κ1) is 10.9.